The van der Waals surface area contributed by atoms with Gasteiger partial charge in [0.2, 0.25) is 0 Å². The Bertz CT molecular complexity index is 1350. The van der Waals surface area contributed by atoms with Crippen molar-refractivity contribution in [2.75, 3.05) is 5.32 Å². The summed E-state index contributed by atoms with van der Waals surface area (Å²) in [5.41, 5.74) is 5.48. The minimum Gasteiger partial charge on any atom is -0.361 e. The number of aromatic nitrogens is 5. The third-order valence-electron chi connectivity index (χ3n) is 5.70. The summed E-state index contributed by atoms with van der Waals surface area (Å²) in [7, 11) is 0. The molecule has 0 unspecified atom stereocenters. The van der Waals surface area contributed by atoms with Gasteiger partial charge in [-0.2, -0.15) is 10.2 Å². The highest BCUT2D eigenvalue weighted by Gasteiger charge is 2.24. The second-order valence-electron chi connectivity index (χ2n) is 7.96. The van der Waals surface area contributed by atoms with Gasteiger partial charge in [0.15, 0.2) is 5.69 Å². The fourth-order valence-electron chi connectivity index (χ4n) is 3.73. The van der Waals surface area contributed by atoms with Crippen molar-refractivity contribution < 1.29 is 9.32 Å². The molecule has 4 rings (SSSR count). The molecule has 0 aliphatic heterocycles. The molecular weight excluding hydrogens is 463 g/mol. The zero-order valence-corrected chi connectivity index (χ0v) is 20.5. The second-order valence-corrected chi connectivity index (χ2v) is 8.74. The lowest BCUT2D eigenvalue weighted by Crippen LogP contribution is -2.17. The van der Waals surface area contributed by atoms with E-state index in [0.29, 0.717) is 45.8 Å². The van der Waals surface area contributed by atoms with E-state index in [-0.39, 0.29) is 11.6 Å². The topological polar surface area (TPSA) is 90.8 Å². The van der Waals surface area contributed by atoms with E-state index in [2.05, 4.69) is 20.7 Å². The van der Waals surface area contributed by atoms with Gasteiger partial charge >= 0.3 is 0 Å². The number of aryl methyl sites for hydroxylation is 3. The molecule has 3 aromatic heterocycles. The molecule has 0 saturated heterocycles. The standard InChI is InChI=1S/C23H24Cl2N6O2/c1-12-20(25)14(3)31(27-12)11-18-16(5)33-29-22(18)23(32)26-21-13(2)28-30(15(21)4)10-17-8-6-7-9-19(17)24/h6-9H,10-11H2,1-5H3,(H,26,32). The Hall–Kier alpha value is -3.10. The quantitative estimate of drug-likeness (QED) is 0.401. The highest BCUT2D eigenvalue weighted by Crippen LogP contribution is 2.25. The van der Waals surface area contributed by atoms with Crippen molar-refractivity contribution in [1.82, 2.24) is 24.7 Å². The number of rotatable bonds is 6. The van der Waals surface area contributed by atoms with E-state index >= 15 is 0 Å². The van der Waals surface area contributed by atoms with Crippen LogP contribution in [0.5, 0.6) is 0 Å². The molecule has 0 atom stereocenters. The van der Waals surface area contributed by atoms with Crippen LogP contribution in [-0.2, 0) is 13.1 Å². The maximum absolute atomic E-state index is 13.2. The fraction of sp³-hybridized carbons (Fsp3) is 0.304. The van der Waals surface area contributed by atoms with Gasteiger partial charge in [-0.05, 0) is 46.2 Å². The van der Waals surface area contributed by atoms with Gasteiger partial charge in [-0.25, -0.2) is 0 Å². The summed E-state index contributed by atoms with van der Waals surface area (Å²) in [5, 5.41) is 17.3. The summed E-state index contributed by atoms with van der Waals surface area (Å²) in [6, 6.07) is 7.61. The highest BCUT2D eigenvalue weighted by atomic mass is 35.5. The van der Waals surface area contributed by atoms with Gasteiger partial charge in [-0.15, -0.1) is 0 Å². The molecule has 33 heavy (non-hydrogen) atoms. The first-order valence-electron chi connectivity index (χ1n) is 10.4. The van der Waals surface area contributed by atoms with Crippen molar-refractivity contribution in [3.05, 3.63) is 79.7 Å². The molecule has 0 spiro atoms. The van der Waals surface area contributed by atoms with Crippen molar-refractivity contribution in [3.8, 4) is 0 Å². The molecule has 0 radical (unpaired) electrons. The van der Waals surface area contributed by atoms with E-state index in [1.807, 2.05) is 56.6 Å². The lowest BCUT2D eigenvalue weighted by molar-refractivity contribution is 0.101. The molecule has 0 fully saturated rings. The molecule has 0 aliphatic carbocycles. The predicted octanol–water partition coefficient (Wildman–Crippen LogP) is 5.27. The summed E-state index contributed by atoms with van der Waals surface area (Å²) in [4.78, 5) is 13.2. The summed E-state index contributed by atoms with van der Waals surface area (Å²) >= 11 is 12.6. The fourth-order valence-corrected chi connectivity index (χ4v) is 4.06. The third kappa shape index (κ3) is 4.41. The van der Waals surface area contributed by atoms with Crippen molar-refractivity contribution >= 4 is 34.8 Å². The average molecular weight is 487 g/mol. The number of halogens is 2. The van der Waals surface area contributed by atoms with E-state index in [1.165, 1.54) is 0 Å². The maximum Gasteiger partial charge on any atom is 0.278 e. The number of nitrogens with zero attached hydrogens (tertiary/aromatic N) is 5. The summed E-state index contributed by atoms with van der Waals surface area (Å²) < 4.78 is 8.90. The van der Waals surface area contributed by atoms with E-state index < -0.39 is 0 Å². The first-order valence-corrected chi connectivity index (χ1v) is 11.2. The molecule has 3 heterocycles. The Labute approximate surface area is 201 Å². The van der Waals surface area contributed by atoms with Gasteiger partial charge in [-0.3, -0.25) is 14.2 Å². The van der Waals surface area contributed by atoms with Crippen molar-refractivity contribution in [2.24, 2.45) is 0 Å². The first-order chi connectivity index (χ1) is 15.7. The lowest BCUT2D eigenvalue weighted by Gasteiger charge is -2.09. The molecule has 172 valence electrons. The summed E-state index contributed by atoms with van der Waals surface area (Å²) in [6.45, 7) is 10.1. The minimum atomic E-state index is -0.377. The second kappa shape index (κ2) is 9.03. The van der Waals surface area contributed by atoms with E-state index in [1.54, 1.807) is 11.6 Å². The molecule has 4 aromatic rings. The number of carbonyl (C=O) groups is 1. The Balaban J connectivity index is 1.59. The molecule has 0 aliphatic rings. The van der Waals surface area contributed by atoms with E-state index in [0.717, 1.165) is 22.6 Å². The first kappa shape index (κ1) is 23.1. The van der Waals surface area contributed by atoms with Crippen molar-refractivity contribution in [1.29, 1.82) is 0 Å². The van der Waals surface area contributed by atoms with Crippen LogP contribution in [0.25, 0.3) is 0 Å². The Kier molecular flexibility index (Phi) is 6.32. The van der Waals surface area contributed by atoms with Gasteiger partial charge in [0.05, 0.1) is 46.6 Å². The number of hydrogen-bond acceptors (Lipinski definition) is 5. The normalized spacial score (nSPS) is 11.2. The van der Waals surface area contributed by atoms with Crippen LogP contribution in [0.15, 0.2) is 28.8 Å². The van der Waals surface area contributed by atoms with Crippen LogP contribution in [0, 0.1) is 34.6 Å². The number of hydrogen-bond donors (Lipinski definition) is 1. The molecule has 8 nitrogen and oxygen atoms in total. The van der Waals surface area contributed by atoms with Crippen LogP contribution in [-0.4, -0.2) is 30.6 Å². The monoisotopic (exact) mass is 486 g/mol. The molecular formula is C23H24Cl2N6O2. The zero-order valence-electron chi connectivity index (χ0n) is 19.0. The van der Waals surface area contributed by atoms with Crippen LogP contribution in [0.2, 0.25) is 10.0 Å². The van der Waals surface area contributed by atoms with Gasteiger partial charge in [-0.1, -0.05) is 46.6 Å². The molecule has 0 bridgehead atoms. The maximum atomic E-state index is 13.2. The van der Waals surface area contributed by atoms with E-state index in [4.69, 9.17) is 27.7 Å². The zero-order chi connectivity index (χ0) is 23.9. The van der Waals surface area contributed by atoms with Gasteiger partial charge in [0, 0.05) is 10.6 Å². The van der Waals surface area contributed by atoms with Crippen LogP contribution in [0.3, 0.4) is 0 Å². The van der Waals surface area contributed by atoms with Crippen LogP contribution < -0.4 is 5.32 Å². The van der Waals surface area contributed by atoms with Gasteiger partial charge in [0.1, 0.15) is 5.76 Å². The Morgan fingerprint density at radius 2 is 1.64 bits per heavy atom. The van der Waals surface area contributed by atoms with Gasteiger partial charge in [0.25, 0.3) is 5.91 Å². The predicted molar refractivity (Wildman–Crippen MR) is 127 cm³/mol. The number of amides is 1. The highest BCUT2D eigenvalue weighted by molar-refractivity contribution is 6.32. The minimum absolute atomic E-state index is 0.203. The molecule has 1 N–H and O–H groups in total. The van der Waals surface area contributed by atoms with Crippen LogP contribution >= 0.6 is 23.2 Å². The Morgan fingerprint density at radius 3 is 2.30 bits per heavy atom. The number of carbonyl (C=O) groups excluding carboxylic acids is 1. The van der Waals surface area contributed by atoms with Crippen LogP contribution in [0.4, 0.5) is 5.69 Å². The molecule has 0 saturated carbocycles. The van der Waals surface area contributed by atoms with Gasteiger partial charge < -0.3 is 9.84 Å². The smallest absolute Gasteiger partial charge is 0.278 e. The summed E-state index contributed by atoms with van der Waals surface area (Å²) in [6.07, 6.45) is 0. The largest absolute Gasteiger partial charge is 0.361 e. The summed E-state index contributed by atoms with van der Waals surface area (Å²) in [5.74, 6) is 0.171. The number of nitrogens with one attached hydrogen (secondary N) is 1. The SMILES string of the molecule is Cc1nn(Cc2c(C(=O)Nc3c(C)nn(Cc4ccccc4Cl)c3C)noc2C)c(C)c1Cl. The molecule has 1 aromatic carbocycles. The van der Waals surface area contributed by atoms with E-state index in [9.17, 15) is 4.79 Å². The Morgan fingerprint density at radius 1 is 0.970 bits per heavy atom. The van der Waals surface area contributed by atoms with Crippen molar-refractivity contribution in [2.45, 2.75) is 47.7 Å². The third-order valence-corrected chi connectivity index (χ3v) is 6.61. The molecule has 10 heteroatoms. The molecule has 1 amide bonds. The number of anilines is 1. The lowest BCUT2D eigenvalue weighted by atomic mass is 10.1. The van der Waals surface area contributed by atoms with Crippen molar-refractivity contribution in [3.63, 3.8) is 0 Å². The van der Waals surface area contributed by atoms with Crippen LogP contribution in [0.1, 0.15) is 50.2 Å². The average Bonchev–Trinajstić information content (AvgIpc) is 3.35. The number of benzene rings is 1.